The van der Waals surface area contributed by atoms with Crippen LogP contribution in [0, 0.1) is 0 Å². The molecule has 0 radical (unpaired) electrons. The molecule has 0 spiro atoms. The second-order valence-corrected chi connectivity index (χ2v) is 5.20. The van der Waals surface area contributed by atoms with Crippen molar-refractivity contribution in [2.45, 2.75) is 0 Å². The number of halogens is 1. The Bertz CT molecular complexity index is 782. The van der Waals surface area contributed by atoms with Gasteiger partial charge in [-0.1, -0.05) is 15.9 Å². The number of hydrogen-bond acceptors (Lipinski definition) is 3. The summed E-state index contributed by atoms with van der Waals surface area (Å²) in [6, 6.07) is 11.9. The Kier molecular flexibility index (Phi) is 2.29. The van der Waals surface area contributed by atoms with Gasteiger partial charge in [0.1, 0.15) is 6.33 Å². The third-order valence-electron chi connectivity index (χ3n) is 3.14. The molecule has 1 aromatic heterocycles. The summed E-state index contributed by atoms with van der Waals surface area (Å²) in [5, 5.41) is 0. The number of aromatic nitrogens is 2. The van der Waals surface area contributed by atoms with Crippen molar-refractivity contribution in [2.75, 3.05) is 6.79 Å². The third-order valence-corrected chi connectivity index (χ3v) is 3.64. The van der Waals surface area contributed by atoms with E-state index in [2.05, 4.69) is 20.9 Å². The molecule has 19 heavy (non-hydrogen) atoms. The van der Waals surface area contributed by atoms with Crippen molar-refractivity contribution in [3.63, 3.8) is 0 Å². The van der Waals surface area contributed by atoms with Crippen LogP contribution in [0.2, 0.25) is 0 Å². The van der Waals surface area contributed by atoms with Crippen molar-refractivity contribution in [3.05, 3.63) is 47.2 Å². The fourth-order valence-electron chi connectivity index (χ4n) is 2.22. The highest BCUT2D eigenvalue weighted by Gasteiger charge is 2.14. The highest BCUT2D eigenvalue weighted by molar-refractivity contribution is 9.10. The van der Waals surface area contributed by atoms with E-state index in [4.69, 9.17) is 9.47 Å². The van der Waals surface area contributed by atoms with Gasteiger partial charge in [0.05, 0.1) is 16.7 Å². The van der Waals surface area contributed by atoms with Gasteiger partial charge in [-0.05, 0) is 30.3 Å². The molecule has 0 aliphatic carbocycles. The lowest BCUT2D eigenvalue weighted by atomic mass is 10.2. The normalized spacial score (nSPS) is 13.1. The van der Waals surface area contributed by atoms with Gasteiger partial charge in [0, 0.05) is 10.5 Å². The van der Waals surface area contributed by atoms with Crippen molar-refractivity contribution in [1.82, 2.24) is 9.55 Å². The molecule has 3 aromatic rings. The zero-order chi connectivity index (χ0) is 12.8. The smallest absolute Gasteiger partial charge is 0.231 e. The van der Waals surface area contributed by atoms with E-state index < -0.39 is 0 Å². The Morgan fingerprint density at radius 3 is 2.89 bits per heavy atom. The van der Waals surface area contributed by atoms with Crippen LogP contribution in [0.4, 0.5) is 0 Å². The third kappa shape index (κ3) is 1.69. The predicted octanol–water partition coefficient (Wildman–Crippen LogP) is 3.52. The fourth-order valence-corrected chi connectivity index (χ4v) is 2.57. The topological polar surface area (TPSA) is 36.3 Å². The molecule has 94 valence electrons. The highest BCUT2D eigenvalue weighted by atomic mass is 79.9. The Hall–Kier alpha value is -2.01. The minimum absolute atomic E-state index is 0.287. The van der Waals surface area contributed by atoms with Gasteiger partial charge in [-0.25, -0.2) is 4.98 Å². The maximum Gasteiger partial charge on any atom is 0.231 e. The summed E-state index contributed by atoms with van der Waals surface area (Å²) in [6.45, 7) is 0.287. The van der Waals surface area contributed by atoms with Gasteiger partial charge in [0.25, 0.3) is 0 Å². The number of imidazole rings is 1. The number of rotatable bonds is 1. The fraction of sp³-hybridized carbons (Fsp3) is 0.0714. The van der Waals surface area contributed by atoms with Crippen molar-refractivity contribution in [2.24, 2.45) is 0 Å². The van der Waals surface area contributed by atoms with E-state index in [9.17, 15) is 0 Å². The Balaban J connectivity index is 1.92. The van der Waals surface area contributed by atoms with Gasteiger partial charge >= 0.3 is 0 Å². The molecule has 0 atom stereocenters. The van der Waals surface area contributed by atoms with Crippen molar-refractivity contribution in [3.8, 4) is 17.2 Å². The number of nitrogens with zero attached hydrogens (tertiary/aromatic N) is 2. The van der Waals surface area contributed by atoms with Crippen LogP contribution in [0.1, 0.15) is 0 Å². The SMILES string of the molecule is Brc1ccc2ncn(-c3ccc4c(c3)OCO4)c2c1. The first-order chi connectivity index (χ1) is 9.31. The average molecular weight is 317 g/mol. The minimum Gasteiger partial charge on any atom is -0.454 e. The summed E-state index contributed by atoms with van der Waals surface area (Å²) in [4.78, 5) is 4.40. The van der Waals surface area contributed by atoms with E-state index in [0.717, 1.165) is 32.7 Å². The minimum atomic E-state index is 0.287. The Morgan fingerprint density at radius 2 is 1.95 bits per heavy atom. The lowest BCUT2D eigenvalue weighted by Crippen LogP contribution is -1.93. The van der Waals surface area contributed by atoms with Gasteiger partial charge in [0.15, 0.2) is 11.5 Å². The van der Waals surface area contributed by atoms with Gasteiger partial charge in [-0.15, -0.1) is 0 Å². The molecule has 0 unspecified atom stereocenters. The summed E-state index contributed by atoms with van der Waals surface area (Å²) >= 11 is 3.49. The molecule has 4 rings (SSSR count). The largest absolute Gasteiger partial charge is 0.454 e. The molecule has 0 saturated carbocycles. The standard InChI is InChI=1S/C14H9BrN2O2/c15-9-1-3-11-12(5-9)17(7-16-11)10-2-4-13-14(6-10)19-8-18-13/h1-7H,8H2. The molecule has 0 saturated heterocycles. The molecule has 0 amide bonds. The van der Waals surface area contributed by atoms with E-state index in [0.29, 0.717) is 0 Å². The molecule has 2 aromatic carbocycles. The average Bonchev–Trinajstić information content (AvgIpc) is 3.03. The molecule has 0 N–H and O–H groups in total. The van der Waals surface area contributed by atoms with E-state index in [-0.39, 0.29) is 6.79 Å². The number of hydrogen-bond donors (Lipinski definition) is 0. The monoisotopic (exact) mass is 316 g/mol. The van der Waals surface area contributed by atoms with Gasteiger partial charge in [0.2, 0.25) is 6.79 Å². The first-order valence-electron chi connectivity index (χ1n) is 5.84. The molecule has 1 aliphatic rings. The van der Waals surface area contributed by atoms with Gasteiger partial charge in [-0.2, -0.15) is 0 Å². The number of fused-ring (bicyclic) bond motifs is 2. The molecular weight excluding hydrogens is 308 g/mol. The van der Waals surface area contributed by atoms with E-state index >= 15 is 0 Å². The van der Waals surface area contributed by atoms with Gasteiger partial charge < -0.3 is 9.47 Å². The van der Waals surface area contributed by atoms with Crippen molar-refractivity contribution < 1.29 is 9.47 Å². The zero-order valence-electron chi connectivity index (χ0n) is 9.84. The zero-order valence-corrected chi connectivity index (χ0v) is 11.4. The maximum atomic E-state index is 5.41. The first-order valence-corrected chi connectivity index (χ1v) is 6.63. The molecule has 0 bridgehead atoms. The van der Waals surface area contributed by atoms with E-state index in [1.807, 2.05) is 47.3 Å². The molecule has 5 heteroatoms. The van der Waals surface area contributed by atoms with E-state index in [1.165, 1.54) is 0 Å². The predicted molar refractivity (Wildman–Crippen MR) is 74.9 cm³/mol. The van der Waals surface area contributed by atoms with Crippen molar-refractivity contribution in [1.29, 1.82) is 0 Å². The molecule has 2 heterocycles. The first kappa shape index (κ1) is 10.9. The van der Waals surface area contributed by atoms with Crippen LogP contribution in [0.3, 0.4) is 0 Å². The summed E-state index contributed by atoms with van der Waals surface area (Å²) in [7, 11) is 0. The lowest BCUT2D eigenvalue weighted by molar-refractivity contribution is 0.174. The lowest BCUT2D eigenvalue weighted by Gasteiger charge is -2.05. The van der Waals surface area contributed by atoms with Gasteiger partial charge in [-0.3, -0.25) is 4.57 Å². The quantitative estimate of drug-likeness (QED) is 0.689. The summed E-state index contributed by atoms with van der Waals surface area (Å²) in [6.07, 6.45) is 1.81. The van der Waals surface area contributed by atoms with Crippen LogP contribution >= 0.6 is 15.9 Å². The molecule has 0 fully saturated rings. The Labute approximate surface area is 117 Å². The summed E-state index contributed by atoms with van der Waals surface area (Å²) in [5.74, 6) is 1.56. The van der Waals surface area contributed by atoms with Crippen LogP contribution in [0.15, 0.2) is 47.2 Å². The van der Waals surface area contributed by atoms with Crippen molar-refractivity contribution >= 4 is 27.0 Å². The highest BCUT2D eigenvalue weighted by Crippen LogP contribution is 2.34. The maximum absolute atomic E-state index is 5.41. The van der Waals surface area contributed by atoms with E-state index in [1.54, 1.807) is 0 Å². The summed E-state index contributed by atoms with van der Waals surface area (Å²) in [5.41, 5.74) is 3.01. The summed E-state index contributed by atoms with van der Waals surface area (Å²) < 4.78 is 13.8. The van der Waals surface area contributed by atoms with Crippen LogP contribution in [-0.4, -0.2) is 16.3 Å². The van der Waals surface area contributed by atoms with Crippen LogP contribution in [0.5, 0.6) is 11.5 Å². The number of ether oxygens (including phenoxy) is 2. The second-order valence-electron chi connectivity index (χ2n) is 4.29. The molecule has 4 nitrogen and oxygen atoms in total. The second kappa shape index (κ2) is 3.99. The number of benzene rings is 2. The Morgan fingerprint density at radius 1 is 1.05 bits per heavy atom. The molecular formula is C14H9BrN2O2. The van der Waals surface area contributed by atoms with Crippen LogP contribution in [-0.2, 0) is 0 Å². The van der Waals surface area contributed by atoms with Crippen LogP contribution < -0.4 is 9.47 Å². The van der Waals surface area contributed by atoms with Crippen LogP contribution in [0.25, 0.3) is 16.7 Å². The molecule has 1 aliphatic heterocycles.